The molecule has 2 aliphatic rings. The molecular weight excluding hydrogens is 449 g/mol. The number of nitrogens with zero attached hydrogens (tertiary/aromatic N) is 2. The Labute approximate surface area is 186 Å². The number of hydrogen-bond donors (Lipinski definition) is 1. The molecule has 7 nitrogen and oxygen atoms in total. The normalized spacial score (nSPS) is 23.5. The Morgan fingerprint density at radius 2 is 1.66 bits per heavy atom. The fraction of sp³-hybridized carbons (Fsp3) is 0.619. The minimum Gasteiger partial charge on any atom is -0.475 e. The smallest absolute Gasteiger partial charge is 0.475 e. The molecule has 0 radical (unpaired) electrons. The summed E-state index contributed by atoms with van der Waals surface area (Å²) in [6.45, 7) is 7.30. The highest BCUT2D eigenvalue weighted by Gasteiger charge is 2.44. The predicted molar refractivity (Wildman–Crippen MR) is 113 cm³/mol. The van der Waals surface area contributed by atoms with Crippen LogP contribution in [0.4, 0.5) is 13.2 Å². The van der Waals surface area contributed by atoms with Gasteiger partial charge >= 0.3 is 12.1 Å². The minimum absolute atomic E-state index is 0.0391. The van der Waals surface area contributed by atoms with Gasteiger partial charge in [-0.15, -0.1) is 0 Å². The average Bonchev–Trinajstić information content (AvgIpc) is 2.91. The summed E-state index contributed by atoms with van der Waals surface area (Å²) in [5.74, 6) is -2.16. The molecule has 32 heavy (non-hydrogen) atoms. The number of rotatable bonds is 3. The lowest BCUT2D eigenvalue weighted by molar-refractivity contribution is -0.192. The second-order valence-corrected chi connectivity index (χ2v) is 10.8. The number of sulfone groups is 1. The molecule has 0 saturated carbocycles. The number of halogens is 3. The van der Waals surface area contributed by atoms with Crippen LogP contribution in [0.15, 0.2) is 30.3 Å². The van der Waals surface area contributed by atoms with Gasteiger partial charge < -0.3 is 14.9 Å². The molecule has 0 unspecified atom stereocenters. The van der Waals surface area contributed by atoms with Crippen molar-refractivity contribution in [2.45, 2.75) is 44.2 Å². The van der Waals surface area contributed by atoms with Gasteiger partial charge in [0.05, 0.1) is 17.0 Å². The lowest BCUT2D eigenvalue weighted by atomic mass is 10.0. The average molecular weight is 479 g/mol. The van der Waals surface area contributed by atoms with E-state index >= 15 is 0 Å². The topological polar surface area (TPSA) is 95.0 Å². The van der Waals surface area contributed by atoms with Crippen molar-refractivity contribution in [3.8, 4) is 0 Å². The highest BCUT2D eigenvalue weighted by Crippen LogP contribution is 2.29. The Hall–Kier alpha value is -2.14. The summed E-state index contributed by atoms with van der Waals surface area (Å²) < 4.78 is 57.0. The quantitative estimate of drug-likeness (QED) is 0.718. The van der Waals surface area contributed by atoms with Crippen LogP contribution in [0.1, 0.15) is 37.0 Å². The van der Waals surface area contributed by atoms with Gasteiger partial charge in [0.15, 0.2) is 9.84 Å². The zero-order valence-corrected chi connectivity index (χ0v) is 18.9. The molecule has 0 spiro atoms. The second-order valence-electron chi connectivity index (χ2n) is 8.41. The number of amides is 1. The van der Waals surface area contributed by atoms with Gasteiger partial charge in [0.25, 0.3) is 5.91 Å². The van der Waals surface area contributed by atoms with E-state index in [4.69, 9.17) is 9.90 Å². The van der Waals surface area contributed by atoms with Gasteiger partial charge in [0.2, 0.25) is 0 Å². The van der Waals surface area contributed by atoms with Crippen molar-refractivity contribution in [1.82, 2.24) is 9.80 Å². The first-order valence-corrected chi connectivity index (χ1v) is 12.1. The van der Waals surface area contributed by atoms with E-state index in [-0.39, 0.29) is 17.7 Å². The molecule has 0 aromatic heterocycles. The molecule has 11 heteroatoms. The number of aliphatic carboxylic acids is 1. The zero-order valence-electron chi connectivity index (χ0n) is 18.1. The number of fused-ring (bicyclic) bond motifs is 1. The molecule has 1 N–H and O–H groups in total. The fourth-order valence-corrected chi connectivity index (χ4v) is 6.11. The van der Waals surface area contributed by atoms with Gasteiger partial charge in [-0.05, 0) is 37.4 Å². The van der Waals surface area contributed by atoms with Crippen LogP contribution >= 0.6 is 0 Å². The van der Waals surface area contributed by atoms with Gasteiger partial charge in [-0.2, -0.15) is 13.2 Å². The second kappa shape index (κ2) is 10.7. The standard InChI is InChI=1S/C19H28N2O3S.C2HF3O2/c1-15(2)14-20-10-8-17-18(9-11-20)25(23,24)13-12-21(17)19(22)16-6-4-3-5-7-16;3-2(4,5)1(6)7/h3-7,15,17-18H,8-14H2,1-2H3;(H,6,7)/t17-,18+;/m0./s1. The molecule has 2 aliphatic heterocycles. The summed E-state index contributed by atoms with van der Waals surface area (Å²) in [6, 6.07) is 9.00. The molecular formula is C21H29F3N2O5S. The summed E-state index contributed by atoms with van der Waals surface area (Å²) in [7, 11) is -3.13. The van der Waals surface area contributed by atoms with Crippen molar-refractivity contribution in [2.24, 2.45) is 5.92 Å². The van der Waals surface area contributed by atoms with Crippen molar-refractivity contribution in [1.29, 1.82) is 0 Å². The van der Waals surface area contributed by atoms with E-state index in [1.54, 1.807) is 0 Å². The predicted octanol–water partition coefficient (Wildman–Crippen LogP) is 2.68. The molecule has 2 heterocycles. The summed E-state index contributed by atoms with van der Waals surface area (Å²) >= 11 is 0. The van der Waals surface area contributed by atoms with Gasteiger partial charge in [-0.25, -0.2) is 13.2 Å². The Bertz CT molecular complexity index is 890. The van der Waals surface area contributed by atoms with Crippen LogP contribution in [0.3, 0.4) is 0 Å². The number of carbonyl (C=O) groups excluding carboxylic acids is 1. The lowest BCUT2D eigenvalue weighted by Crippen LogP contribution is -2.56. The van der Waals surface area contributed by atoms with Crippen LogP contribution < -0.4 is 0 Å². The van der Waals surface area contributed by atoms with E-state index in [0.29, 0.717) is 24.4 Å². The van der Waals surface area contributed by atoms with E-state index < -0.39 is 27.2 Å². The van der Waals surface area contributed by atoms with Crippen molar-refractivity contribution < 1.29 is 36.3 Å². The Morgan fingerprint density at radius 3 is 2.19 bits per heavy atom. The molecule has 0 bridgehead atoms. The van der Waals surface area contributed by atoms with Gasteiger partial charge in [-0.3, -0.25) is 4.79 Å². The molecule has 180 valence electrons. The number of benzene rings is 1. The molecule has 2 atom stereocenters. The minimum atomic E-state index is -5.08. The summed E-state index contributed by atoms with van der Waals surface area (Å²) in [5.41, 5.74) is 0.642. The van der Waals surface area contributed by atoms with Crippen LogP contribution in [-0.2, 0) is 14.6 Å². The van der Waals surface area contributed by atoms with Crippen LogP contribution in [0.25, 0.3) is 0 Å². The largest absolute Gasteiger partial charge is 0.490 e. The highest BCUT2D eigenvalue weighted by molar-refractivity contribution is 7.92. The van der Waals surface area contributed by atoms with Crippen LogP contribution in [0.5, 0.6) is 0 Å². The van der Waals surface area contributed by atoms with E-state index in [1.807, 2.05) is 35.2 Å². The van der Waals surface area contributed by atoms with E-state index in [9.17, 15) is 26.4 Å². The zero-order chi connectivity index (χ0) is 24.1. The van der Waals surface area contributed by atoms with Crippen molar-refractivity contribution in [3.63, 3.8) is 0 Å². The van der Waals surface area contributed by atoms with Crippen molar-refractivity contribution in [2.75, 3.05) is 31.9 Å². The summed E-state index contributed by atoms with van der Waals surface area (Å²) in [5, 5.41) is 6.70. The monoisotopic (exact) mass is 478 g/mol. The molecule has 1 aromatic rings. The van der Waals surface area contributed by atoms with Crippen LogP contribution in [-0.4, -0.2) is 84.6 Å². The fourth-order valence-electron chi connectivity index (χ4n) is 4.13. The first-order valence-electron chi connectivity index (χ1n) is 10.4. The number of carboxylic acids is 1. The molecule has 1 amide bonds. The number of carbonyl (C=O) groups is 2. The maximum Gasteiger partial charge on any atom is 0.490 e. The summed E-state index contributed by atoms with van der Waals surface area (Å²) in [4.78, 5) is 26.0. The van der Waals surface area contributed by atoms with E-state index in [0.717, 1.165) is 26.1 Å². The maximum atomic E-state index is 13.0. The molecule has 2 saturated heterocycles. The van der Waals surface area contributed by atoms with Crippen molar-refractivity contribution in [3.05, 3.63) is 35.9 Å². The van der Waals surface area contributed by atoms with E-state index in [2.05, 4.69) is 18.7 Å². The van der Waals surface area contributed by atoms with Crippen LogP contribution in [0.2, 0.25) is 0 Å². The summed E-state index contributed by atoms with van der Waals surface area (Å²) in [6.07, 6.45) is -3.73. The number of likely N-dealkylation sites (tertiary alicyclic amines) is 1. The SMILES string of the molecule is CC(C)CN1CC[C@@H]2[C@H](CC1)N(C(=O)c1ccccc1)CCS2(=O)=O.O=C(O)C(F)(F)F. The van der Waals surface area contributed by atoms with Gasteiger partial charge in [-0.1, -0.05) is 32.0 Å². The number of alkyl halides is 3. The molecule has 1 aromatic carbocycles. The number of hydrogen-bond acceptors (Lipinski definition) is 5. The molecule has 0 aliphatic carbocycles. The van der Waals surface area contributed by atoms with Gasteiger partial charge in [0, 0.05) is 25.2 Å². The maximum absolute atomic E-state index is 13.0. The Balaban J connectivity index is 0.000000451. The third-order valence-corrected chi connectivity index (χ3v) is 7.75. The first kappa shape index (κ1) is 26.1. The molecule has 3 rings (SSSR count). The third-order valence-electron chi connectivity index (χ3n) is 5.53. The number of carboxylic acid groups (broad SMARTS) is 1. The first-order chi connectivity index (χ1) is 14.8. The van der Waals surface area contributed by atoms with Crippen LogP contribution in [0, 0.1) is 5.92 Å². The third kappa shape index (κ3) is 6.93. The highest BCUT2D eigenvalue weighted by atomic mass is 32.2. The van der Waals surface area contributed by atoms with Crippen molar-refractivity contribution >= 4 is 21.7 Å². The molecule has 2 fully saturated rings. The Kier molecular flexibility index (Phi) is 8.69. The lowest BCUT2D eigenvalue weighted by Gasteiger charge is -2.40. The van der Waals surface area contributed by atoms with E-state index in [1.165, 1.54) is 0 Å². The Morgan fingerprint density at radius 1 is 1.09 bits per heavy atom. The van der Waals surface area contributed by atoms with Gasteiger partial charge in [0.1, 0.15) is 0 Å².